The number of halogens is 3. The van der Waals surface area contributed by atoms with E-state index in [-0.39, 0.29) is 18.1 Å². The van der Waals surface area contributed by atoms with Crippen LogP contribution in [0.5, 0.6) is 5.75 Å². The molecule has 0 fully saturated rings. The third kappa shape index (κ3) is 7.18. The summed E-state index contributed by atoms with van der Waals surface area (Å²) >= 11 is 0. The molecule has 0 saturated carbocycles. The van der Waals surface area contributed by atoms with Crippen molar-refractivity contribution in [3.05, 3.63) is 65.7 Å². The van der Waals surface area contributed by atoms with Gasteiger partial charge in [0.15, 0.2) is 0 Å². The highest BCUT2D eigenvalue weighted by molar-refractivity contribution is 5.89. The van der Waals surface area contributed by atoms with E-state index in [1.165, 1.54) is 6.07 Å². The molecule has 0 aliphatic rings. The number of unbranched alkanes of at least 4 members (excludes halogenated alkanes) is 2. The topological polar surface area (TPSA) is 40.5 Å². The largest absolute Gasteiger partial charge is 0.493 e. The Kier molecular flexibility index (Phi) is 9.46. The van der Waals surface area contributed by atoms with Crippen molar-refractivity contribution < 1.29 is 27.4 Å². The maximum Gasteiger partial charge on any atom is 0.417 e. The van der Waals surface area contributed by atoms with Crippen LogP contribution in [0.15, 0.2) is 54.6 Å². The number of carbonyl (C=O) groups excluding carboxylic acids is 1. The number of hydrogen-bond acceptors (Lipinski definition) is 3. The Bertz CT molecular complexity index is 1240. The monoisotopic (exact) mass is 515 g/mol. The molecular weight excluding hydrogens is 479 g/mol. The van der Waals surface area contributed by atoms with Crippen molar-refractivity contribution in [2.24, 2.45) is 5.92 Å². The molecule has 0 saturated heterocycles. The molecule has 1 heterocycles. The van der Waals surface area contributed by atoms with Crippen LogP contribution in [-0.4, -0.2) is 23.8 Å². The molecule has 1 atom stereocenters. The zero-order chi connectivity index (χ0) is 27.2. The number of ether oxygens (including phenoxy) is 2. The van der Waals surface area contributed by atoms with Gasteiger partial charge in [-0.25, -0.2) is 4.79 Å². The molecule has 0 radical (unpaired) electrons. The minimum Gasteiger partial charge on any atom is -0.493 e. The summed E-state index contributed by atoms with van der Waals surface area (Å²) in [6.45, 7) is 12.1. The Balaban J connectivity index is 1.88. The number of benzene rings is 2. The molecule has 0 spiro atoms. The molecule has 0 N–H and O–H groups in total. The second kappa shape index (κ2) is 12.3. The van der Waals surface area contributed by atoms with Gasteiger partial charge in [0.05, 0.1) is 24.3 Å². The van der Waals surface area contributed by atoms with Gasteiger partial charge < -0.3 is 14.0 Å². The van der Waals surface area contributed by atoms with Gasteiger partial charge in [0.1, 0.15) is 5.75 Å². The van der Waals surface area contributed by atoms with E-state index in [2.05, 4.69) is 13.5 Å². The number of aromatic nitrogens is 1. The lowest BCUT2D eigenvalue weighted by Gasteiger charge is -2.17. The quantitative estimate of drug-likeness (QED) is 0.139. The molecule has 4 nitrogen and oxygen atoms in total. The summed E-state index contributed by atoms with van der Waals surface area (Å²) in [5.41, 5.74) is 1.96. The number of alkyl halides is 3. The fourth-order valence-corrected chi connectivity index (χ4v) is 4.30. The van der Waals surface area contributed by atoms with Crippen molar-refractivity contribution in [3.8, 4) is 17.0 Å². The average Bonchev–Trinajstić information content (AvgIpc) is 3.23. The average molecular weight is 516 g/mol. The lowest BCUT2D eigenvalue weighted by atomic mass is 9.98. The number of esters is 1. The minimum atomic E-state index is -4.46. The van der Waals surface area contributed by atoms with Crippen LogP contribution < -0.4 is 4.74 Å². The van der Waals surface area contributed by atoms with E-state index in [0.717, 1.165) is 30.2 Å². The number of nitrogens with zero attached hydrogens (tertiary/aromatic N) is 1. The number of aryl methyl sites for hydroxylation is 2. The Hall–Kier alpha value is -3.22. The molecule has 3 aromatic rings. The first-order valence-electron chi connectivity index (χ1n) is 12.8. The summed E-state index contributed by atoms with van der Waals surface area (Å²) in [6, 6.07) is 12.0. The van der Waals surface area contributed by atoms with Crippen molar-refractivity contribution in [2.75, 3.05) is 13.2 Å². The molecule has 0 amide bonds. The molecule has 0 aliphatic carbocycles. The van der Waals surface area contributed by atoms with E-state index in [1.807, 2.05) is 42.7 Å². The molecule has 0 bridgehead atoms. The predicted octanol–water partition coefficient (Wildman–Crippen LogP) is 8.21. The van der Waals surface area contributed by atoms with Crippen LogP contribution in [0, 0.1) is 5.92 Å². The zero-order valence-electron chi connectivity index (χ0n) is 22.1. The standard InChI is InChI=1S/C30H36F3NO3/c1-6-8-9-10-22-11-14-25(26(15-22)30(31,32)33)28-16-23-12-13-24(17-27(23)34(28)7-2)36-18-21(5)19-37-29(35)20(3)4/h11-17,21H,3,6-10,18-19H2,1-2,4-5H3. The van der Waals surface area contributed by atoms with E-state index in [4.69, 9.17) is 9.47 Å². The first-order valence-corrected chi connectivity index (χ1v) is 12.8. The smallest absolute Gasteiger partial charge is 0.417 e. The van der Waals surface area contributed by atoms with Crippen molar-refractivity contribution in [3.63, 3.8) is 0 Å². The molecule has 1 unspecified atom stereocenters. The molecule has 0 aliphatic heterocycles. The highest BCUT2D eigenvalue weighted by Crippen LogP contribution is 2.40. The normalized spacial score (nSPS) is 12.5. The molecule has 2 aromatic carbocycles. The summed E-state index contributed by atoms with van der Waals surface area (Å²) in [4.78, 5) is 11.6. The second-order valence-electron chi connectivity index (χ2n) is 9.62. The van der Waals surface area contributed by atoms with Crippen molar-refractivity contribution in [2.45, 2.75) is 66.1 Å². The van der Waals surface area contributed by atoms with Crippen LogP contribution in [0.2, 0.25) is 0 Å². The maximum absolute atomic E-state index is 14.1. The van der Waals surface area contributed by atoms with E-state index in [9.17, 15) is 18.0 Å². The highest BCUT2D eigenvalue weighted by Gasteiger charge is 2.34. The summed E-state index contributed by atoms with van der Waals surface area (Å²) in [5.74, 6) is 0.124. The molecule has 37 heavy (non-hydrogen) atoms. The molecular formula is C30H36F3NO3. The third-order valence-corrected chi connectivity index (χ3v) is 6.31. The first kappa shape index (κ1) is 28.4. The molecule has 200 valence electrons. The third-order valence-electron chi connectivity index (χ3n) is 6.31. The van der Waals surface area contributed by atoms with Gasteiger partial charge in [-0.05, 0) is 56.5 Å². The number of hydrogen-bond donors (Lipinski definition) is 0. The Morgan fingerprint density at radius 2 is 1.81 bits per heavy atom. The summed E-state index contributed by atoms with van der Waals surface area (Å²) < 4.78 is 55.4. The van der Waals surface area contributed by atoms with Gasteiger partial charge in [-0.15, -0.1) is 0 Å². The first-order chi connectivity index (χ1) is 17.5. The van der Waals surface area contributed by atoms with Gasteiger partial charge in [0.25, 0.3) is 0 Å². The summed E-state index contributed by atoms with van der Waals surface area (Å²) in [7, 11) is 0. The van der Waals surface area contributed by atoms with Gasteiger partial charge in [-0.2, -0.15) is 13.2 Å². The van der Waals surface area contributed by atoms with Crippen LogP contribution in [0.3, 0.4) is 0 Å². The van der Waals surface area contributed by atoms with Crippen molar-refractivity contribution in [1.82, 2.24) is 4.57 Å². The van der Waals surface area contributed by atoms with E-state index < -0.39 is 17.7 Å². The van der Waals surface area contributed by atoms with E-state index >= 15 is 0 Å². The second-order valence-corrected chi connectivity index (χ2v) is 9.62. The van der Waals surface area contributed by atoms with Gasteiger partial charge >= 0.3 is 12.1 Å². The van der Waals surface area contributed by atoms with Crippen LogP contribution in [0.25, 0.3) is 22.2 Å². The van der Waals surface area contributed by atoms with Gasteiger partial charge in [0.2, 0.25) is 0 Å². The molecule has 7 heteroatoms. The van der Waals surface area contributed by atoms with Gasteiger partial charge in [-0.1, -0.05) is 45.4 Å². The van der Waals surface area contributed by atoms with Crippen molar-refractivity contribution >= 4 is 16.9 Å². The fraction of sp³-hybridized carbons (Fsp3) is 0.433. The van der Waals surface area contributed by atoms with Crippen LogP contribution in [0.1, 0.15) is 58.1 Å². The Morgan fingerprint density at radius 3 is 2.46 bits per heavy atom. The van der Waals surface area contributed by atoms with Crippen LogP contribution in [0.4, 0.5) is 13.2 Å². The SMILES string of the molecule is C=C(C)C(=O)OCC(C)COc1ccc2cc(-c3ccc(CCCCC)cc3C(F)(F)F)n(CC)c2c1. The van der Waals surface area contributed by atoms with Crippen LogP contribution in [-0.2, 0) is 28.7 Å². The van der Waals surface area contributed by atoms with E-state index in [1.54, 1.807) is 19.1 Å². The Labute approximate surface area is 217 Å². The number of carbonyl (C=O) groups is 1. The Morgan fingerprint density at radius 1 is 1.05 bits per heavy atom. The molecule has 1 aromatic heterocycles. The van der Waals surface area contributed by atoms with Gasteiger partial charge in [-0.3, -0.25) is 0 Å². The van der Waals surface area contributed by atoms with Crippen LogP contribution >= 0.6 is 0 Å². The van der Waals surface area contributed by atoms with E-state index in [0.29, 0.717) is 42.2 Å². The highest BCUT2D eigenvalue weighted by atomic mass is 19.4. The predicted molar refractivity (Wildman–Crippen MR) is 142 cm³/mol. The number of rotatable bonds is 12. The lowest BCUT2D eigenvalue weighted by Crippen LogP contribution is -2.18. The summed E-state index contributed by atoms with van der Waals surface area (Å²) in [5, 5.41) is 0.841. The lowest BCUT2D eigenvalue weighted by molar-refractivity contribution is -0.140. The molecule has 3 rings (SSSR count). The summed E-state index contributed by atoms with van der Waals surface area (Å²) in [6.07, 6.45) is -0.924. The number of fused-ring (bicyclic) bond motifs is 1. The fourth-order valence-electron chi connectivity index (χ4n) is 4.30. The van der Waals surface area contributed by atoms with Crippen molar-refractivity contribution in [1.29, 1.82) is 0 Å². The minimum absolute atomic E-state index is 0.0438. The zero-order valence-corrected chi connectivity index (χ0v) is 22.1. The maximum atomic E-state index is 14.1. The van der Waals surface area contributed by atoms with Gasteiger partial charge in [0, 0.05) is 40.7 Å².